The molecule has 0 bridgehead atoms. The van der Waals surface area contributed by atoms with E-state index in [1.807, 2.05) is 26.0 Å². The van der Waals surface area contributed by atoms with E-state index in [4.69, 9.17) is 4.74 Å². The maximum atomic E-state index is 12.5. The van der Waals surface area contributed by atoms with Crippen molar-refractivity contribution >= 4 is 17.3 Å². The summed E-state index contributed by atoms with van der Waals surface area (Å²) in [5.74, 6) is 0.761. The third kappa shape index (κ3) is 2.35. The maximum absolute atomic E-state index is 12.5. The van der Waals surface area contributed by atoms with E-state index < -0.39 is 5.60 Å². The monoisotopic (exact) mass is 289 g/mol. The van der Waals surface area contributed by atoms with Crippen LogP contribution in [-0.4, -0.2) is 37.7 Å². The van der Waals surface area contributed by atoms with Crippen molar-refractivity contribution in [3.8, 4) is 5.75 Å². The van der Waals surface area contributed by atoms with Crippen LogP contribution in [0.15, 0.2) is 18.2 Å². The van der Waals surface area contributed by atoms with E-state index in [0.717, 1.165) is 43.3 Å². The molecule has 2 heterocycles. The predicted octanol–water partition coefficient (Wildman–Crippen LogP) is 1.99. The molecule has 1 saturated heterocycles. The zero-order valence-electron chi connectivity index (χ0n) is 12.7. The predicted molar refractivity (Wildman–Crippen MR) is 84.1 cm³/mol. The first-order chi connectivity index (χ1) is 10.2. The molecule has 1 amide bonds. The molecule has 0 saturated carbocycles. The number of hydrogen-bond acceptors (Lipinski definition) is 4. The quantitative estimate of drug-likeness (QED) is 0.893. The molecule has 0 unspecified atom stereocenters. The number of hydrogen-bond donors (Lipinski definition) is 2. The lowest BCUT2D eigenvalue weighted by molar-refractivity contribution is -0.133. The Hall–Kier alpha value is -1.75. The van der Waals surface area contributed by atoms with Crippen LogP contribution < -0.4 is 20.3 Å². The van der Waals surface area contributed by atoms with Gasteiger partial charge in [-0.25, -0.2) is 0 Å². The van der Waals surface area contributed by atoms with Crippen LogP contribution >= 0.6 is 0 Å². The third-order valence-corrected chi connectivity index (χ3v) is 4.56. The second kappa shape index (κ2) is 5.56. The van der Waals surface area contributed by atoms with Gasteiger partial charge >= 0.3 is 0 Å². The smallest absolute Gasteiger partial charge is 0.268 e. The number of rotatable bonds is 3. The molecule has 1 fully saturated rings. The van der Waals surface area contributed by atoms with Gasteiger partial charge in [0.15, 0.2) is 5.60 Å². The Labute approximate surface area is 125 Å². The zero-order chi connectivity index (χ0) is 14.9. The van der Waals surface area contributed by atoms with Crippen LogP contribution in [0.5, 0.6) is 5.75 Å². The minimum atomic E-state index is -0.727. The standard InChI is InChI=1S/C16H23N3O2/c1-3-16(4-2)15(20)18-14-12(6-5-7-13(14)21-16)19-10-8-17-9-11-19/h5-7,17H,3-4,8-11H2,1-2H3,(H,18,20). The van der Waals surface area contributed by atoms with E-state index in [0.29, 0.717) is 12.8 Å². The van der Waals surface area contributed by atoms with Crippen LogP contribution in [0.2, 0.25) is 0 Å². The average Bonchev–Trinajstić information content (AvgIpc) is 2.54. The topological polar surface area (TPSA) is 53.6 Å². The summed E-state index contributed by atoms with van der Waals surface area (Å²) < 4.78 is 6.11. The van der Waals surface area contributed by atoms with E-state index in [9.17, 15) is 4.79 Å². The summed E-state index contributed by atoms with van der Waals surface area (Å²) in [7, 11) is 0. The van der Waals surface area contributed by atoms with Crippen molar-refractivity contribution in [2.24, 2.45) is 0 Å². The molecule has 2 aliphatic rings. The number of amides is 1. The Balaban J connectivity index is 1.97. The molecule has 0 spiro atoms. The lowest BCUT2D eigenvalue weighted by Crippen LogP contribution is -2.50. The van der Waals surface area contributed by atoms with Gasteiger partial charge in [0.05, 0.1) is 5.69 Å². The van der Waals surface area contributed by atoms with Crippen LogP contribution in [0.25, 0.3) is 0 Å². The Bertz CT molecular complexity index is 534. The second-order valence-corrected chi connectivity index (χ2v) is 5.64. The summed E-state index contributed by atoms with van der Waals surface area (Å²) in [5.41, 5.74) is 1.15. The minimum Gasteiger partial charge on any atom is -0.475 e. The number of fused-ring (bicyclic) bond motifs is 1. The Morgan fingerprint density at radius 2 is 1.95 bits per heavy atom. The fourth-order valence-corrected chi connectivity index (χ4v) is 3.10. The number of nitrogens with zero attached hydrogens (tertiary/aromatic N) is 1. The van der Waals surface area contributed by atoms with Gasteiger partial charge in [-0.05, 0) is 25.0 Å². The highest BCUT2D eigenvalue weighted by Crippen LogP contribution is 2.42. The summed E-state index contributed by atoms with van der Waals surface area (Å²) >= 11 is 0. The van der Waals surface area contributed by atoms with Crippen LogP contribution in [0.4, 0.5) is 11.4 Å². The first kappa shape index (κ1) is 14.2. The molecule has 1 aromatic rings. The number of benzene rings is 1. The SMILES string of the molecule is CCC1(CC)Oc2cccc(N3CCNCC3)c2NC1=O. The third-order valence-electron chi connectivity index (χ3n) is 4.56. The first-order valence-electron chi connectivity index (χ1n) is 7.79. The van der Waals surface area contributed by atoms with Gasteiger partial charge in [0.2, 0.25) is 0 Å². The molecular weight excluding hydrogens is 266 g/mol. The van der Waals surface area contributed by atoms with Crippen LogP contribution in [0.3, 0.4) is 0 Å². The maximum Gasteiger partial charge on any atom is 0.268 e. The lowest BCUT2D eigenvalue weighted by atomic mass is 9.94. The van der Waals surface area contributed by atoms with Crippen molar-refractivity contribution in [1.29, 1.82) is 0 Å². The molecule has 2 N–H and O–H groups in total. The molecule has 0 atom stereocenters. The Morgan fingerprint density at radius 3 is 2.62 bits per heavy atom. The highest BCUT2D eigenvalue weighted by atomic mass is 16.5. The second-order valence-electron chi connectivity index (χ2n) is 5.64. The van der Waals surface area contributed by atoms with Crippen molar-refractivity contribution in [3.63, 3.8) is 0 Å². The van der Waals surface area contributed by atoms with E-state index >= 15 is 0 Å². The molecular formula is C16H23N3O2. The van der Waals surface area contributed by atoms with Crippen molar-refractivity contribution < 1.29 is 9.53 Å². The fourth-order valence-electron chi connectivity index (χ4n) is 3.10. The van der Waals surface area contributed by atoms with Crippen LogP contribution in [0.1, 0.15) is 26.7 Å². The van der Waals surface area contributed by atoms with E-state index in [-0.39, 0.29) is 5.91 Å². The highest BCUT2D eigenvalue weighted by molar-refractivity contribution is 6.03. The van der Waals surface area contributed by atoms with Crippen molar-refractivity contribution in [2.75, 3.05) is 36.4 Å². The first-order valence-corrected chi connectivity index (χ1v) is 7.79. The Kier molecular flexibility index (Phi) is 3.76. The van der Waals surface area contributed by atoms with Gasteiger partial charge in [-0.3, -0.25) is 4.79 Å². The van der Waals surface area contributed by atoms with E-state index in [1.54, 1.807) is 0 Å². The molecule has 3 rings (SSSR count). The van der Waals surface area contributed by atoms with Gasteiger partial charge in [0.1, 0.15) is 11.4 Å². The molecule has 2 aliphatic heterocycles. The largest absolute Gasteiger partial charge is 0.475 e. The number of nitrogens with one attached hydrogen (secondary N) is 2. The van der Waals surface area contributed by atoms with Crippen LogP contribution in [-0.2, 0) is 4.79 Å². The molecule has 5 nitrogen and oxygen atoms in total. The zero-order valence-corrected chi connectivity index (χ0v) is 12.7. The van der Waals surface area contributed by atoms with Gasteiger partial charge in [-0.1, -0.05) is 19.9 Å². The van der Waals surface area contributed by atoms with Crippen molar-refractivity contribution in [2.45, 2.75) is 32.3 Å². The molecule has 1 aromatic carbocycles. The van der Waals surface area contributed by atoms with Crippen LogP contribution in [0, 0.1) is 0 Å². The number of piperazine rings is 1. The molecule has 0 aromatic heterocycles. The summed E-state index contributed by atoms with van der Waals surface area (Å²) in [6, 6.07) is 6.00. The normalized spacial score (nSPS) is 20.5. The minimum absolute atomic E-state index is 0.0254. The number of anilines is 2. The van der Waals surface area contributed by atoms with Gasteiger partial charge in [0, 0.05) is 26.2 Å². The summed E-state index contributed by atoms with van der Waals surface area (Å²) in [6.07, 6.45) is 1.35. The average molecular weight is 289 g/mol. The van der Waals surface area contributed by atoms with E-state index in [2.05, 4.69) is 21.6 Å². The van der Waals surface area contributed by atoms with Gasteiger partial charge in [0.25, 0.3) is 5.91 Å². The van der Waals surface area contributed by atoms with Gasteiger partial charge in [-0.15, -0.1) is 0 Å². The van der Waals surface area contributed by atoms with E-state index in [1.165, 1.54) is 0 Å². The summed E-state index contributed by atoms with van der Waals surface area (Å²) in [5, 5.41) is 6.44. The summed E-state index contributed by atoms with van der Waals surface area (Å²) in [4.78, 5) is 14.8. The molecule has 5 heteroatoms. The Morgan fingerprint density at radius 1 is 1.24 bits per heavy atom. The van der Waals surface area contributed by atoms with Crippen molar-refractivity contribution in [1.82, 2.24) is 5.32 Å². The van der Waals surface area contributed by atoms with Gasteiger partial charge in [-0.2, -0.15) is 0 Å². The van der Waals surface area contributed by atoms with Crippen molar-refractivity contribution in [3.05, 3.63) is 18.2 Å². The number of para-hydroxylation sites is 1. The number of carbonyl (C=O) groups excluding carboxylic acids is 1. The molecule has 114 valence electrons. The summed E-state index contributed by atoms with van der Waals surface area (Å²) in [6.45, 7) is 7.80. The number of carbonyl (C=O) groups is 1. The molecule has 21 heavy (non-hydrogen) atoms. The molecule has 0 aliphatic carbocycles. The fraction of sp³-hybridized carbons (Fsp3) is 0.562. The highest BCUT2D eigenvalue weighted by Gasteiger charge is 2.42. The van der Waals surface area contributed by atoms with Gasteiger partial charge < -0.3 is 20.3 Å². The lowest BCUT2D eigenvalue weighted by Gasteiger charge is -2.39. The molecule has 0 radical (unpaired) electrons. The number of ether oxygens (including phenoxy) is 1.